The molecule has 0 atom stereocenters. The molecule has 2 aromatic rings. The minimum absolute atomic E-state index is 0.110. The highest BCUT2D eigenvalue weighted by Crippen LogP contribution is 2.36. The average Bonchev–Trinajstić information content (AvgIpc) is 3.16. The molecule has 2 aliphatic heterocycles. The smallest absolute Gasteiger partial charge is 0.345 e. The van der Waals surface area contributed by atoms with E-state index in [1.165, 1.54) is 12.1 Å². The maximum atomic E-state index is 12.8. The Balaban J connectivity index is 1.64. The zero-order valence-electron chi connectivity index (χ0n) is 14.3. The minimum Gasteiger partial charge on any atom is -0.454 e. The molecule has 140 valence electrons. The molecule has 0 N–H and O–H groups in total. The topological polar surface area (TPSA) is 100 Å². The highest BCUT2D eigenvalue weighted by Gasteiger charge is 2.24. The largest absolute Gasteiger partial charge is 0.454 e. The SMILES string of the molecule is O=C(Oc1ccc2c(c1)OCO2)c1cc([N+](=O)[O-])ccc1N1CCOCC1. The van der Waals surface area contributed by atoms with Gasteiger partial charge in [0.2, 0.25) is 6.79 Å². The molecule has 0 saturated carbocycles. The molecule has 4 rings (SSSR count). The predicted octanol–water partition coefficient (Wildman–Crippen LogP) is 2.38. The molecule has 27 heavy (non-hydrogen) atoms. The fraction of sp³-hybridized carbons (Fsp3) is 0.278. The van der Waals surface area contributed by atoms with E-state index in [-0.39, 0.29) is 23.8 Å². The van der Waals surface area contributed by atoms with E-state index < -0.39 is 10.9 Å². The molecule has 1 fully saturated rings. The fourth-order valence-electron chi connectivity index (χ4n) is 2.98. The summed E-state index contributed by atoms with van der Waals surface area (Å²) in [6, 6.07) is 8.95. The second kappa shape index (κ2) is 7.12. The van der Waals surface area contributed by atoms with Gasteiger partial charge in [0.25, 0.3) is 5.69 Å². The maximum absolute atomic E-state index is 12.8. The first-order valence-electron chi connectivity index (χ1n) is 8.35. The lowest BCUT2D eigenvalue weighted by Crippen LogP contribution is -2.37. The normalized spacial score (nSPS) is 15.5. The summed E-state index contributed by atoms with van der Waals surface area (Å²) in [6.45, 7) is 2.32. The van der Waals surface area contributed by atoms with Crippen LogP contribution in [0.1, 0.15) is 10.4 Å². The van der Waals surface area contributed by atoms with E-state index in [0.717, 1.165) is 0 Å². The number of benzene rings is 2. The van der Waals surface area contributed by atoms with Crippen molar-refractivity contribution in [3.8, 4) is 17.2 Å². The Labute approximate surface area is 154 Å². The van der Waals surface area contributed by atoms with E-state index in [9.17, 15) is 14.9 Å². The average molecular weight is 372 g/mol. The Hall–Kier alpha value is -3.33. The molecule has 0 spiro atoms. The van der Waals surface area contributed by atoms with Crippen LogP contribution in [0.15, 0.2) is 36.4 Å². The first-order valence-corrected chi connectivity index (χ1v) is 8.35. The number of esters is 1. The van der Waals surface area contributed by atoms with Crippen LogP contribution in [0.2, 0.25) is 0 Å². The molecule has 9 heteroatoms. The summed E-state index contributed by atoms with van der Waals surface area (Å²) < 4.78 is 21.3. The number of carbonyl (C=O) groups excluding carboxylic acids is 1. The quantitative estimate of drug-likeness (QED) is 0.349. The van der Waals surface area contributed by atoms with Gasteiger partial charge in [0.05, 0.1) is 29.4 Å². The summed E-state index contributed by atoms with van der Waals surface area (Å²) in [4.78, 5) is 25.3. The van der Waals surface area contributed by atoms with Crippen molar-refractivity contribution in [2.75, 3.05) is 38.0 Å². The number of morpholine rings is 1. The molecule has 0 aromatic heterocycles. The number of hydrogen-bond donors (Lipinski definition) is 0. The standard InChI is InChI=1S/C18H16N2O7/c21-18(27-13-2-4-16-17(10-13)26-11-25-16)14-9-12(20(22)23)1-3-15(14)19-5-7-24-8-6-19/h1-4,9-10H,5-8,11H2. The van der Waals surface area contributed by atoms with Crippen LogP contribution in [0.3, 0.4) is 0 Å². The first-order chi connectivity index (χ1) is 13.1. The number of fused-ring (bicyclic) bond motifs is 1. The van der Waals surface area contributed by atoms with Crippen molar-refractivity contribution < 1.29 is 28.7 Å². The van der Waals surface area contributed by atoms with E-state index in [1.54, 1.807) is 24.3 Å². The molecule has 0 radical (unpaired) electrons. The zero-order valence-corrected chi connectivity index (χ0v) is 14.3. The van der Waals surface area contributed by atoms with Crippen molar-refractivity contribution in [2.45, 2.75) is 0 Å². The van der Waals surface area contributed by atoms with Crippen molar-refractivity contribution in [1.29, 1.82) is 0 Å². The molecule has 9 nitrogen and oxygen atoms in total. The Kier molecular flexibility index (Phi) is 4.51. The van der Waals surface area contributed by atoms with Gasteiger partial charge in [0, 0.05) is 31.3 Å². The predicted molar refractivity (Wildman–Crippen MR) is 93.7 cm³/mol. The number of anilines is 1. The molecule has 0 unspecified atom stereocenters. The highest BCUT2D eigenvalue weighted by atomic mass is 16.7. The number of nitro groups is 1. The van der Waals surface area contributed by atoms with Gasteiger partial charge in [0.1, 0.15) is 5.75 Å². The molecule has 2 heterocycles. The third-order valence-corrected chi connectivity index (χ3v) is 4.32. The van der Waals surface area contributed by atoms with Gasteiger partial charge < -0.3 is 23.8 Å². The van der Waals surface area contributed by atoms with Gasteiger partial charge in [-0.05, 0) is 18.2 Å². The number of carbonyl (C=O) groups is 1. The molecule has 0 bridgehead atoms. The minimum atomic E-state index is -0.681. The molecule has 0 amide bonds. The number of nitrogens with zero attached hydrogens (tertiary/aromatic N) is 2. The van der Waals surface area contributed by atoms with Crippen LogP contribution >= 0.6 is 0 Å². The maximum Gasteiger partial charge on any atom is 0.345 e. The van der Waals surface area contributed by atoms with E-state index in [0.29, 0.717) is 43.5 Å². The van der Waals surface area contributed by atoms with Crippen LogP contribution in [-0.2, 0) is 4.74 Å². The van der Waals surface area contributed by atoms with Crippen molar-refractivity contribution in [1.82, 2.24) is 0 Å². The lowest BCUT2D eigenvalue weighted by atomic mass is 10.1. The Bertz CT molecular complexity index is 893. The van der Waals surface area contributed by atoms with Gasteiger partial charge in [-0.3, -0.25) is 10.1 Å². The summed E-state index contributed by atoms with van der Waals surface area (Å²) in [5, 5.41) is 11.1. The van der Waals surface area contributed by atoms with Gasteiger partial charge in [-0.25, -0.2) is 4.79 Å². The number of hydrogen-bond acceptors (Lipinski definition) is 8. The number of nitro benzene ring substituents is 1. The van der Waals surface area contributed by atoms with Crippen molar-refractivity contribution in [3.05, 3.63) is 52.1 Å². The van der Waals surface area contributed by atoms with E-state index in [2.05, 4.69) is 0 Å². The van der Waals surface area contributed by atoms with Crippen LogP contribution in [0, 0.1) is 10.1 Å². The van der Waals surface area contributed by atoms with Gasteiger partial charge >= 0.3 is 5.97 Å². The Morgan fingerprint density at radius 2 is 1.85 bits per heavy atom. The zero-order chi connectivity index (χ0) is 18.8. The summed E-state index contributed by atoms with van der Waals surface area (Å²) in [5.41, 5.74) is 0.531. The van der Waals surface area contributed by atoms with Gasteiger partial charge in [-0.1, -0.05) is 0 Å². The monoisotopic (exact) mass is 372 g/mol. The summed E-state index contributed by atoms with van der Waals surface area (Å²) in [7, 11) is 0. The lowest BCUT2D eigenvalue weighted by Gasteiger charge is -2.30. The first kappa shape index (κ1) is 17.1. The van der Waals surface area contributed by atoms with E-state index >= 15 is 0 Å². The molecule has 0 aliphatic carbocycles. The summed E-state index contributed by atoms with van der Waals surface area (Å²) in [6.07, 6.45) is 0. The summed E-state index contributed by atoms with van der Waals surface area (Å²) in [5.74, 6) is 0.634. The van der Waals surface area contributed by atoms with Crippen molar-refractivity contribution in [2.24, 2.45) is 0 Å². The van der Waals surface area contributed by atoms with Gasteiger partial charge in [-0.2, -0.15) is 0 Å². The highest BCUT2D eigenvalue weighted by molar-refractivity contribution is 5.98. The molecule has 2 aromatic carbocycles. The van der Waals surface area contributed by atoms with Crippen molar-refractivity contribution >= 4 is 17.3 Å². The Morgan fingerprint density at radius 3 is 2.63 bits per heavy atom. The third-order valence-electron chi connectivity index (χ3n) is 4.32. The van der Waals surface area contributed by atoms with Crippen LogP contribution in [0.5, 0.6) is 17.2 Å². The third kappa shape index (κ3) is 3.49. The molecule has 1 saturated heterocycles. The second-order valence-electron chi connectivity index (χ2n) is 5.96. The van der Waals surface area contributed by atoms with E-state index in [4.69, 9.17) is 18.9 Å². The molecule has 2 aliphatic rings. The second-order valence-corrected chi connectivity index (χ2v) is 5.96. The fourth-order valence-corrected chi connectivity index (χ4v) is 2.98. The van der Waals surface area contributed by atoms with Crippen LogP contribution in [0.25, 0.3) is 0 Å². The number of ether oxygens (including phenoxy) is 4. The summed E-state index contributed by atoms with van der Waals surface area (Å²) >= 11 is 0. The van der Waals surface area contributed by atoms with Gasteiger partial charge in [-0.15, -0.1) is 0 Å². The van der Waals surface area contributed by atoms with Crippen molar-refractivity contribution in [3.63, 3.8) is 0 Å². The Morgan fingerprint density at radius 1 is 1.07 bits per heavy atom. The molecular weight excluding hydrogens is 356 g/mol. The van der Waals surface area contributed by atoms with Crippen LogP contribution in [-0.4, -0.2) is 44.0 Å². The van der Waals surface area contributed by atoms with Gasteiger partial charge in [0.15, 0.2) is 11.5 Å². The van der Waals surface area contributed by atoms with E-state index in [1.807, 2.05) is 4.90 Å². The number of rotatable bonds is 4. The number of non-ortho nitro benzene ring substituents is 1. The van der Waals surface area contributed by atoms with Crippen LogP contribution < -0.4 is 19.1 Å². The van der Waals surface area contributed by atoms with Crippen LogP contribution in [0.4, 0.5) is 11.4 Å². The lowest BCUT2D eigenvalue weighted by molar-refractivity contribution is -0.384. The molecular formula is C18H16N2O7.